The molecular formula is C20H15ClN6O2S. The summed E-state index contributed by atoms with van der Waals surface area (Å²) in [6.07, 6.45) is 2.71. The number of nitrogen functional groups attached to an aromatic ring is 1. The van der Waals surface area contributed by atoms with Crippen LogP contribution in [-0.2, 0) is 6.54 Å². The van der Waals surface area contributed by atoms with E-state index in [1.54, 1.807) is 30.3 Å². The Kier molecular flexibility index (Phi) is 5.30. The number of carbonyl (C=O) groups is 1. The fourth-order valence-electron chi connectivity index (χ4n) is 2.95. The lowest BCUT2D eigenvalue weighted by Crippen LogP contribution is -2.24. The van der Waals surface area contributed by atoms with Crippen molar-refractivity contribution in [3.05, 3.63) is 86.1 Å². The summed E-state index contributed by atoms with van der Waals surface area (Å²) in [6, 6.07) is 12.0. The Balaban J connectivity index is 1.65. The third-order valence-corrected chi connectivity index (χ3v) is 4.91. The molecule has 30 heavy (non-hydrogen) atoms. The lowest BCUT2D eigenvalue weighted by atomic mass is 10.1. The second-order valence-electron chi connectivity index (χ2n) is 6.44. The lowest BCUT2D eigenvalue weighted by molar-refractivity contribution is 0.0951. The van der Waals surface area contributed by atoms with E-state index in [4.69, 9.17) is 29.6 Å². The molecule has 0 saturated carbocycles. The topological polar surface area (TPSA) is 119 Å². The molecule has 0 saturated heterocycles. The summed E-state index contributed by atoms with van der Waals surface area (Å²) in [4.78, 5) is 36.5. The minimum Gasteiger partial charge on any atom is -0.382 e. The summed E-state index contributed by atoms with van der Waals surface area (Å²) >= 11 is 11.3. The van der Waals surface area contributed by atoms with Crippen LogP contribution < -0.4 is 16.6 Å². The van der Waals surface area contributed by atoms with Crippen molar-refractivity contribution >= 4 is 46.4 Å². The van der Waals surface area contributed by atoms with Crippen LogP contribution in [0.5, 0.6) is 0 Å². The Bertz CT molecular complexity index is 1380. The number of hydrogen-bond donors (Lipinski definition) is 3. The number of hydrogen-bond acceptors (Lipinski definition) is 6. The molecule has 0 atom stereocenters. The van der Waals surface area contributed by atoms with Crippen molar-refractivity contribution in [1.82, 2.24) is 24.8 Å². The largest absolute Gasteiger partial charge is 0.382 e. The van der Waals surface area contributed by atoms with Crippen molar-refractivity contribution in [2.45, 2.75) is 6.54 Å². The normalized spacial score (nSPS) is 10.8. The number of fused-ring (bicyclic) bond motifs is 1. The number of halogens is 1. The number of benzene rings is 2. The fraction of sp³-hybridized carbons (Fsp3) is 0.0500. The van der Waals surface area contributed by atoms with Gasteiger partial charge in [-0.1, -0.05) is 23.7 Å². The van der Waals surface area contributed by atoms with Gasteiger partial charge in [-0.25, -0.2) is 14.5 Å². The number of anilines is 1. The first-order valence-corrected chi connectivity index (χ1v) is 9.60. The third kappa shape index (κ3) is 3.93. The van der Waals surface area contributed by atoms with Gasteiger partial charge in [0.15, 0.2) is 10.6 Å². The highest BCUT2D eigenvalue weighted by molar-refractivity contribution is 7.71. The molecule has 0 radical (unpaired) electrons. The fourth-order valence-corrected chi connectivity index (χ4v) is 3.44. The smallest absolute Gasteiger partial charge is 0.268 e. The van der Waals surface area contributed by atoms with Crippen molar-refractivity contribution < 1.29 is 4.79 Å². The maximum absolute atomic E-state index is 12.9. The summed E-state index contributed by atoms with van der Waals surface area (Å²) in [5.41, 5.74) is 6.88. The van der Waals surface area contributed by atoms with Gasteiger partial charge in [-0.15, -0.1) is 0 Å². The number of rotatable bonds is 4. The van der Waals surface area contributed by atoms with Gasteiger partial charge in [-0.05, 0) is 48.1 Å². The Morgan fingerprint density at radius 2 is 2.03 bits per heavy atom. The van der Waals surface area contributed by atoms with E-state index >= 15 is 0 Å². The van der Waals surface area contributed by atoms with Crippen LogP contribution in [0.3, 0.4) is 0 Å². The molecule has 0 bridgehead atoms. The molecule has 2 aromatic heterocycles. The lowest BCUT2D eigenvalue weighted by Gasteiger charge is -2.09. The van der Waals surface area contributed by atoms with Crippen LogP contribution in [-0.4, -0.2) is 25.4 Å². The summed E-state index contributed by atoms with van der Waals surface area (Å²) in [6.45, 7) is 0.324. The van der Waals surface area contributed by atoms with Crippen LogP contribution in [0.4, 0.5) is 5.82 Å². The van der Waals surface area contributed by atoms with Gasteiger partial charge in [0.2, 0.25) is 0 Å². The minimum absolute atomic E-state index is 0.128. The summed E-state index contributed by atoms with van der Waals surface area (Å²) < 4.78 is 1.35. The van der Waals surface area contributed by atoms with Crippen molar-refractivity contribution in [2.24, 2.45) is 0 Å². The van der Waals surface area contributed by atoms with Gasteiger partial charge in [0.25, 0.3) is 11.5 Å². The zero-order valence-electron chi connectivity index (χ0n) is 15.4. The summed E-state index contributed by atoms with van der Waals surface area (Å²) in [7, 11) is 0. The molecule has 150 valence electrons. The molecule has 2 aromatic carbocycles. The maximum atomic E-state index is 12.9. The van der Waals surface area contributed by atoms with Gasteiger partial charge < -0.3 is 16.0 Å². The van der Waals surface area contributed by atoms with Gasteiger partial charge in [-0.2, -0.15) is 0 Å². The Hall–Kier alpha value is -3.56. The van der Waals surface area contributed by atoms with Crippen LogP contribution in [0.15, 0.2) is 59.7 Å². The van der Waals surface area contributed by atoms with Crippen molar-refractivity contribution in [3.63, 3.8) is 0 Å². The number of nitrogens with zero attached hydrogens (tertiary/aromatic N) is 3. The van der Waals surface area contributed by atoms with E-state index in [-0.39, 0.29) is 27.9 Å². The molecule has 0 spiro atoms. The highest BCUT2D eigenvalue weighted by Crippen LogP contribution is 2.14. The zero-order valence-corrected chi connectivity index (χ0v) is 17.0. The molecule has 4 N–H and O–H groups in total. The standard InChI is InChI=1S/C20H15ClN6O2S/c21-13-3-1-2-11(6-13)8-25-18(28)12-4-5-14-15(7-12)26-20(30)27(19(14)29)17-10-23-16(22)9-24-17/h1-7,9-10H,8H2,(H2,22,23)(H,25,28)(H,26,30). The number of nitrogens with one attached hydrogen (secondary N) is 2. The molecule has 0 aliphatic carbocycles. The first kappa shape index (κ1) is 19.7. The van der Waals surface area contributed by atoms with E-state index in [0.717, 1.165) is 5.56 Å². The minimum atomic E-state index is -0.376. The maximum Gasteiger partial charge on any atom is 0.268 e. The number of aromatic amines is 1. The van der Waals surface area contributed by atoms with Gasteiger partial charge >= 0.3 is 0 Å². The van der Waals surface area contributed by atoms with Crippen LogP contribution in [0, 0.1) is 4.77 Å². The Labute approximate surface area is 180 Å². The number of nitrogens with two attached hydrogens (primary N) is 1. The molecule has 10 heteroatoms. The Morgan fingerprint density at radius 3 is 2.77 bits per heavy atom. The van der Waals surface area contributed by atoms with E-state index in [2.05, 4.69) is 20.3 Å². The average molecular weight is 439 g/mol. The first-order chi connectivity index (χ1) is 14.4. The molecule has 0 unspecified atom stereocenters. The SMILES string of the molecule is Nc1cnc(-n2c(=S)[nH]c3cc(C(=O)NCc4cccc(Cl)c4)ccc3c2=O)cn1. The molecule has 0 aliphatic heterocycles. The molecule has 4 aromatic rings. The third-order valence-electron chi connectivity index (χ3n) is 4.39. The monoisotopic (exact) mass is 438 g/mol. The second kappa shape index (κ2) is 8.05. The molecule has 8 nitrogen and oxygen atoms in total. The molecular weight excluding hydrogens is 424 g/mol. The second-order valence-corrected chi connectivity index (χ2v) is 7.27. The van der Waals surface area contributed by atoms with E-state index in [9.17, 15) is 9.59 Å². The van der Waals surface area contributed by atoms with E-state index in [0.29, 0.717) is 28.0 Å². The molecule has 1 amide bonds. The van der Waals surface area contributed by atoms with E-state index in [1.165, 1.54) is 17.0 Å². The Morgan fingerprint density at radius 1 is 1.20 bits per heavy atom. The van der Waals surface area contributed by atoms with E-state index in [1.807, 2.05) is 12.1 Å². The zero-order chi connectivity index (χ0) is 21.3. The number of H-pyrrole nitrogens is 1. The van der Waals surface area contributed by atoms with Gasteiger partial charge in [0.1, 0.15) is 5.82 Å². The molecule has 2 heterocycles. The van der Waals surface area contributed by atoms with Crippen molar-refractivity contribution in [3.8, 4) is 5.82 Å². The van der Waals surface area contributed by atoms with Crippen LogP contribution in [0.25, 0.3) is 16.7 Å². The molecule has 0 aliphatic rings. The number of carbonyl (C=O) groups excluding carboxylic acids is 1. The van der Waals surface area contributed by atoms with Crippen LogP contribution in [0.2, 0.25) is 5.02 Å². The van der Waals surface area contributed by atoms with Gasteiger partial charge in [0.05, 0.1) is 23.3 Å². The van der Waals surface area contributed by atoms with E-state index < -0.39 is 0 Å². The number of aromatic nitrogens is 4. The summed E-state index contributed by atoms with van der Waals surface area (Å²) in [5, 5.41) is 3.78. The highest BCUT2D eigenvalue weighted by Gasteiger charge is 2.12. The first-order valence-electron chi connectivity index (χ1n) is 8.82. The average Bonchev–Trinajstić information content (AvgIpc) is 2.73. The molecule has 4 rings (SSSR count). The van der Waals surface area contributed by atoms with Crippen molar-refractivity contribution in [1.29, 1.82) is 0 Å². The predicted molar refractivity (Wildman–Crippen MR) is 117 cm³/mol. The number of amides is 1. The predicted octanol–water partition coefficient (Wildman–Crippen LogP) is 3.00. The molecule has 0 fully saturated rings. The highest BCUT2D eigenvalue weighted by atomic mass is 35.5. The quantitative estimate of drug-likeness (QED) is 0.421. The van der Waals surface area contributed by atoms with Crippen LogP contribution in [0.1, 0.15) is 15.9 Å². The van der Waals surface area contributed by atoms with Gasteiger partial charge in [-0.3, -0.25) is 9.59 Å². The van der Waals surface area contributed by atoms with Crippen LogP contribution >= 0.6 is 23.8 Å². The summed E-state index contributed by atoms with van der Waals surface area (Å²) in [5.74, 6) is 0.196. The van der Waals surface area contributed by atoms with Gasteiger partial charge in [0, 0.05) is 17.1 Å². The van der Waals surface area contributed by atoms with Crippen molar-refractivity contribution in [2.75, 3.05) is 5.73 Å².